The van der Waals surface area contributed by atoms with Gasteiger partial charge in [0.2, 0.25) is 0 Å². The molecular formula is C18H15F5N2O2S. The van der Waals surface area contributed by atoms with Gasteiger partial charge in [-0.15, -0.1) is 0 Å². The fourth-order valence-electron chi connectivity index (χ4n) is 2.45. The highest BCUT2D eigenvalue weighted by Crippen LogP contribution is 2.40. The third-order valence-electron chi connectivity index (χ3n) is 4.01. The first kappa shape index (κ1) is 21.7. The van der Waals surface area contributed by atoms with Crippen LogP contribution >= 0.6 is 11.8 Å². The van der Waals surface area contributed by atoms with Crippen LogP contribution in [0.3, 0.4) is 0 Å². The van der Waals surface area contributed by atoms with E-state index in [1.807, 2.05) is 5.32 Å². The fourth-order valence-corrected chi connectivity index (χ4v) is 3.14. The fraction of sp³-hybridized carbons (Fsp3) is 0.222. The maximum Gasteiger partial charge on any atom is 0.446 e. The van der Waals surface area contributed by atoms with Crippen molar-refractivity contribution in [3.63, 3.8) is 0 Å². The highest BCUT2D eigenvalue weighted by molar-refractivity contribution is 8.00. The Bertz CT molecular complexity index is 911. The number of nitrogens with zero attached hydrogens (tertiary/aromatic N) is 1. The standard InChI is InChI=1S/C18H15F5N2O2S/c1-9-10(2)14(28-18(21,22)23)8-7-13(9)25(3)17(27)24-16(26)15-11(19)5-4-6-12(15)20/h4-8H,1-3H3,(H,24,26,27). The number of rotatable bonds is 3. The molecule has 0 fully saturated rings. The third kappa shape index (κ3) is 4.80. The van der Waals surface area contributed by atoms with Gasteiger partial charge in [-0.05, 0) is 61.0 Å². The van der Waals surface area contributed by atoms with Gasteiger partial charge in [0.05, 0.1) is 0 Å². The third-order valence-corrected chi connectivity index (χ3v) is 4.90. The van der Waals surface area contributed by atoms with Crippen molar-refractivity contribution in [1.82, 2.24) is 5.32 Å². The van der Waals surface area contributed by atoms with Gasteiger partial charge < -0.3 is 0 Å². The van der Waals surface area contributed by atoms with Crippen molar-refractivity contribution in [2.24, 2.45) is 0 Å². The van der Waals surface area contributed by atoms with Crippen LogP contribution in [0.25, 0.3) is 0 Å². The molecule has 0 aromatic heterocycles. The number of anilines is 1. The van der Waals surface area contributed by atoms with Gasteiger partial charge in [-0.1, -0.05) is 6.07 Å². The number of halogens is 5. The summed E-state index contributed by atoms with van der Waals surface area (Å²) in [5.74, 6) is -3.53. The first-order chi connectivity index (χ1) is 12.9. The van der Waals surface area contributed by atoms with E-state index in [1.165, 1.54) is 33.0 Å². The Morgan fingerprint density at radius 3 is 2.11 bits per heavy atom. The summed E-state index contributed by atoms with van der Waals surface area (Å²) in [6, 6.07) is 4.32. The SMILES string of the molecule is Cc1c(SC(F)(F)F)ccc(N(C)C(=O)NC(=O)c2c(F)cccc2F)c1C. The number of carbonyl (C=O) groups excluding carboxylic acids is 2. The van der Waals surface area contributed by atoms with Crippen LogP contribution in [0.4, 0.5) is 32.4 Å². The van der Waals surface area contributed by atoms with E-state index >= 15 is 0 Å². The average molecular weight is 418 g/mol. The predicted octanol–water partition coefficient (Wildman–Crippen LogP) is 5.18. The number of amides is 3. The summed E-state index contributed by atoms with van der Waals surface area (Å²) < 4.78 is 65.1. The van der Waals surface area contributed by atoms with Gasteiger partial charge >= 0.3 is 11.5 Å². The van der Waals surface area contributed by atoms with Gasteiger partial charge in [-0.2, -0.15) is 13.2 Å². The molecule has 4 nitrogen and oxygen atoms in total. The molecule has 0 saturated carbocycles. The van der Waals surface area contributed by atoms with Crippen LogP contribution in [0.15, 0.2) is 35.2 Å². The second kappa shape index (κ2) is 8.17. The Morgan fingerprint density at radius 2 is 1.57 bits per heavy atom. The van der Waals surface area contributed by atoms with Crippen molar-refractivity contribution in [2.45, 2.75) is 24.3 Å². The van der Waals surface area contributed by atoms with Crippen LogP contribution < -0.4 is 10.2 Å². The second-order valence-electron chi connectivity index (χ2n) is 5.80. The highest BCUT2D eigenvalue weighted by atomic mass is 32.2. The topological polar surface area (TPSA) is 49.4 Å². The smallest absolute Gasteiger partial charge is 0.297 e. The zero-order valence-electron chi connectivity index (χ0n) is 14.9. The maximum absolute atomic E-state index is 13.7. The van der Waals surface area contributed by atoms with Crippen LogP contribution in [-0.2, 0) is 0 Å². The van der Waals surface area contributed by atoms with Crippen LogP contribution in [0.2, 0.25) is 0 Å². The van der Waals surface area contributed by atoms with Crippen molar-refractivity contribution in [1.29, 1.82) is 0 Å². The minimum atomic E-state index is -4.46. The Balaban J connectivity index is 2.24. The number of thioether (sulfide) groups is 1. The first-order valence-electron chi connectivity index (χ1n) is 7.81. The van der Waals surface area contributed by atoms with Gasteiger partial charge in [-0.25, -0.2) is 13.6 Å². The zero-order valence-corrected chi connectivity index (χ0v) is 15.8. The molecule has 0 saturated heterocycles. The van der Waals surface area contributed by atoms with Crippen molar-refractivity contribution in [2.75, 3.05) is 11.9 Å². The molecule has 0 heterocycles. The Hall–Kier alpha value is -2.62. The van der Waals surface area contributed by atoms with E-state index in [0.29, 0.717) is 11.1 Å². The number of nitrogens with one attached hydrogen (secondary N) is 1. The maximum atomic E-state index is 13.7. The summed E-state index contributed by atoms with van der Waals surface area (Å²) >= 11 is -0.275. The van der Waals surface area contributed by atoms with Gasteiger partial charge in [0, 0.05) is 17.6 Å². The predicted molar refractivity (Wildman–Crippen MR) is 95.5 cm³/mol. The number of imide groups is 1. The summed E-state index contributed by atoms with van der Waals surface area (Å²) in [5.41, 5.74) is -4.43. The molecule has 150 valence electrons. The molecule has 0 aliphatic carbocycles. The molecule has 28 heavy (non-hydrogen) atoms. The molecule has 3 amide bonds. The lowest BCUT2D eigenvalue weighted by Crippen LogP contribution is -2.41. The van der Waals surface area contributed by atoms with E-state index in [4.69, 9.17) is 0 Å². The largest absolute Gasteiger partial charge is 0.446 e. The van der Waals surface area contributed by atoms with Gasteiger partial charge in [0.15, 0.2) is 0 Å². The van der Waals surface area contributed by atoms with Gasteiger partial charge in [0.25, 0.3) is 5.91 Å². The van der Waals surface area contributed by atoms with Crippen molar-refractivity contribution in [3.8, 4) is 0 Å². The lowest BCUT2D eigenvalue weighted by molar-refractivity contribution is -0.0328. The van der Waals surface area contributed by atoms with Gasteiger partial charge in [-0.3, -0.25) is 15.0 Å². The Labute approximate surface area is 161 Å². The van der Waals surface area contributed by atoms with E-state index < -0.39 is 34.6 Å². The van der Waals surface area contributed by atoms with Crippen LogP contribution in [0.1, 0.15) is 21.5 Å². The molecule has 10 heteroatoms. The van der Waals surface area contributed by atoms with E-state index in [-0.39, 0.29) is 22.3 Å². The zero-order chi connectivity index (χ0) is 21.2. The molecule has 2 rings (SSSR count). The first-order valence-corrected chi connectivity index (χ1v) is 8.63. The average Bonchev–Trinajstić information content (AvgIpc) is 2.57. The summed E-state index contributed by atoms with van der Waals surface area (Å²) in [4.78, 5) is 25.3. The molecule has 0 spiro atoms. The van der Waals surface area contributed by atoms with E-state index in [9.17, 15) is 31.5 Å². The number of carbonyl (C=O) groups is 2. The summed E-state index contributed by atoms with van der Waals surface area (Å²) in [7, 11) is 1.28. The van der Waals surface area contributed by atoms with Crippen molar-refractivity contribution in [3.05, 3.63) is 58.7 Å². The Kier molecular flexibility index (Phi) is 6.33. The minimum absolute atomic E-state index is 0.0212. The summed E-state index contributed by atoms with van der Waals surface area (Å²) in [6.07, 6.45) is 0. The highest BCUT2D eigenvalue weighted by Gasteiger charge is 2.31. The normalized spacial score (nSPS) is 11.3. The molecule has 2 aromatic carbocycles. The quantitative estimate of drug-likeness (QED) is 0.552. The van der Waals surface area contributed by atoms with Crippen LogP contribution in [0.5, 0.6) is 0 Å². The molecule has 1 N–H and O–H groups in total. The van der Waals surface area contributed by atoms with Crippen LogP contribution in [0, 0.1) is 25.5 Å². The molecule has 0 aliphatic rings. The van der Waals surface area contributed by atoms with E-state index in [1.54, 1.807) is 0 Å². The van der Waals surface area contributed by atoms with Crippen molar-refractivity contribution >= 4 is 29.4 Å². The summed E-state index contributed by atoms with van der Waals surface area (Å²) in [6.45, 7) is 2.99. The van der Waals surface area contributed by atoms with E-state index in [2.05, 4.69) is 0 Å². The summed E-state index contributed by atoms with van der Waals surface area (Å²) in [5, 5.41) is 1.86. The van der Waals surface area contributed by atoms with E-state index in [0.717, 1.165) is 23.1 Å². The molecule has 2 aromatic rings. The number of alkyl halides is 3. The lowest BCUT2D eigenvalue weighted by atomic mass is 10.1. The van der Waals surface area contributed by atoms with Crippen molar-refractivity contribution < 1.29 is 31.5 Å². The molecule has 0 unspecified atom stereocenters. The molecular weight excluding hydrogens is 403 g/mol. The number of benzene rings is 2. The number of urea groups is 1. The number of hydrogen-bond donors (Lipinski definition) is 1. The molecule has 0 radical (unpaired) electrons. The lowest BCUT2D eigenvalue weighted by Gasteiger charge is -2.22. The van der Waals surface area contributed by atoms with Gasteiger partial charge in [0.1, 0.15) is 17.2 Å². The molecule has 0 atom stereocenters. The second-order valence-corrected chi connectivity index (χ2v) is 6.90. The number of hydrogen-bond acceptors (Lipinski definition) is 3. The molecule has 0 bridgehead atoms. The minimum Gasteiger partial charge on any atom is -0.297 e. The Morgan fingerprint density at radius 1 is 1.00 bits per heavy atom. The van der Waals surface area contributed by atoms with Crippen LogP contribution in [-0.4, -0.2) is 24.5 Å². The molecule has 0 aliphatic heterocycles. The monoisotopic (exact) mass is 418 g/mol.